The van der Waals surface area contributed by atoms with Gasteiger partial charge in [-0.25, -0.2) is 5.43 Å². The van der Waals surface area contributed by atoms with Crippen molar-refractivity contribution in [3.63, 3.8) is 0 Å². The van der Waals surface area contributed by atoms with Crippen LogP contribution in [0.15, 0.2) is 24.4 Å². The topological polar surface area (TPSA) is 68.8 Å². The van der Waals surface area contributed by atoms with E-state index in [1.54, 1.807) is 10.9 Å². The molecule has 2 rings (SSSR count). The lowest BCUT2D eigenvalue weighted by Crippen LogP contribution is -2.31. The Morgan fingerprint density at radius 3 is 2.76 bits per heavy atom. The minimum absolute atomic E-state index is 0.269. The number of nitrogens with zero attached hydrogens (tertiary/aromatic N) is 3. The predicted octanol–water partition coefficient (Wildman–Crippen LogP) is 1.33. The molecule has 0 spiro atoms. The van der Waals surface area contributed by atoms with E-state index in [4.69, 9.17) is 17.4 Å². The van der Waals surface area contributed by atoms with Crippen molar-refractivity contribution in [1.29, 1.82) is 0 Å². The summed E-state index contributed by atoms with van der Waals surface area (Å²) in [7, 11) is 1.82. The highest BCUT2D eigenvalue weighted by Gasteiger charge is 2.20. The first-order valence-corrected chi connectivity index (χ1v) is 5.58. The zero-order valence-corrected chi connectivity index (χ0v) is 10.4. The molecule has 0 bridgehead atoms. The monoisotopic (exact) mass is 251 g/mol. The van der Waals surface area contributed by atoms with Crippen LogP contribution in [0.2, 0.25) is 5.02 Å². The minimum Gasteiger partial charge on any atom is -0.270 e. The van der Waals surface area contributed by atoms with Gasteiger partial charge in [-0.2, -0.15) is 5.10 Å². The average molecular weight is 252 g/mol. The summed E-state index contributed by atoms with van der Waals surface area (Å²) in [5, 5.41) is 4.66. The maximum absolute atomic E-state index is 6.10. The number of pyridine rings is 1. The van der Waals surface area contributed by atoms with Crippen molar-refractivity contribution in [2.45, 2.75) is 13.0 Å². The van der Waals surface area contributed by atoms with Gasteiger partial charge in [0.1, 0.15) is 6.04 Å². The van der Waals surface area contributed by atoms with Gasteiger partial charge < -0.3 is 0 Å². The second-order valence-corrected chi connectivity index (χ2v) is 4.21. The molecule has 2 aromatic rings. The van der Waals surface area contributed by atoms with Gasteiger partial charge in [0.05, 0.1) is 22.6 Å². The lowest BCUT2D eigenvalue weighted by molar-refractivity contribution is 0.563. The molecular weight excluding hydrogens is 238 g/mol. The smallest absolute Gasteiger partial charge is 0.106 e. The molecule has 0 saturated heterocycles. The van der Waals surface area contributed by atoms with E-state index in [0.29, 0.717) is 5.02 Å². The maximum Gasteiger partial charge on any atom is 0.106 e. The summed E-state index contributed by atoms with van der Waals surface area (Å²) in [6, 6.07) is 5.50. The van der Waals surface area contributed by atoms with Crippen molar-refractivity contribution in [3.8, 4) is 0 Å². The number of hydrogen-bond donors (Lipinski definition) is 2. The highest BCUT2D eigenvalue weighted by atomic mass is 35.5. The maximum atomic E-state index is 6.10. The summed E-state index contributed by atoms with van der Waals surface area (Å²) in [6.45, 7) is 1.93. The molecule has 0 aliphatic carbocycles. The average Bonchev–Trinajstić information content (AvgIpc) is 2.62. The Bertz CT molecular complexity index is 503. The van der Waals surface area contributed by atoms with Gasteiger partial charge in [0.2, 0.25) is 0 Å². The van der Waals surface area contributed by atoms with Crippen molar-refractivity contribution in [3.05, 3.63) is 46.5 Å². The van der Waals surface area contributed by atoms with Crippen molar-refractivity contribution >= 4 is 11.6 Å². The van der Waals surface area contributed by atoms with Gasteiger partial charge in [-0.1, -0.05) is 17.7 Å². The second-order valence-electron chi connectivity index (χ2n) is 3.80. The van der Waals surface area contributed by atoms with Gasteiger partial charge in [0.25, 0.3) is 0 Å². The number of aryl methyl sites for hydroxylation is 2. The van der Waals surface area contributed by atoms with Gasteiger partial charge in [-0.15, -0.1) is 0 Å². The first-order chi connectivity index (χ1) is 8.13. The zero-order chi connectivity index (χ0) is 12.4. The fourth-order valence-corrected chi connectivity index (χ4v) is 2.05. The van der Waals surface area contributed by atoms with Crippen LogP contribution in [-0.2, 0) is 7.05 Å². The van der Waals surface area contributed by atoms with Crippen LogP contribution in [-0.4, -0.2) is 14.8 Å². The number of nitrogens with two attached hydrogens (primary N) is 1. The van der Waals surface area contributed by atoms with Crippen LogP contribution >= 0.6 is 11.6 Å². The van der Waals surface area contributed by atoms with Gasteiger partial charge >= 0.3 is 0 Å². The number of hydrazine groups is 1. The molecule has 1 unspecified atom stereocenters. The summed E-state index contributed by atoms with van der Waals surface area (Å²) in [6.07, 6.45) is 1.59. The summed E-state index contributed by atoms with van der Waals surface area (Å²) in [4.78, 5) is 4.44. The summed E-state index contributed by atoms with van der Waals surface area (Å²) >= 11 is 6.10. The molecule has 0 aliphatic heterocycles. The van der Waals surface area contributed by atoms with E-state index in [0.717, 1.165) is 17.1 Å². The van der Waals surface area contributed by atoms with E-state index in [2.05, 4.69) is 15.5 Å². The van der Waals surface area contributed by atoms with Gasteiger partial charge in [-0.05, 0) is 19.1 Å². The molecule has 0 aromatic carbocycles. The minimum atomic E-state index is -0.269. The van der Waals surface area contributed by atoms with Gasteiger partial charge in [-0.3, -0.25) is 15.5 Å². The number of hydrogen-bond acceptors (Lipinski definition) is 4. The number of rotatable bonds is 3. The zero-order valence-electron chi connectivity index (χ0n) is 9.68. The third kappa shape index (κ3) is 2.31. The Labute approximate surface area is 105 Å². The lowest BCUT2D eigenvalue weighted by atomic mass is 10.1. The Morgan fingerprint density at radius 2 is 2.24 bits per heavy atom. The molecule has 0 radical (unpaired) electrons. The van der Waals surface area contributed by atoms with E-state index in [-0.39, 0.29) is 6.04 Å². The fourth-order valence-electron chi connectivity index (χ4n) is 1.77. The van der Waals surface area contributed by atoms with E-state index in [1.807, 2.05) is 32.2 Å². The number of halogens is 1. The van der Waals surface area contributed by atoms with Crippen LogP contribution in [0.25, 0.3) is 0 Å². The highest BCUT2D eigenvalue weighted by Crippen LogP contribution is 2.26. The van der Waals surface area contributed by atoms with Gasteiger partial charge in [0.15, 0.2) is 0 Å². The normalized spacial score (nSPS) is 12.7. The van der Waals surface area contributed by atoms with Crippen LogP contribution < -0.4 is 11.3 Å². The molecule has 5 nitrogen and oxygen atoms in total. The molecule has 0 saturated carbocycles. The van der Waals surface area contributed by atoms with Crippen LogP contribution in [0.4, 0.5) is 0 Å². The van der Waals surface area contributed by atoms with Crippen LogP contribution in [0.3, 0.4) is 0 Å². The van der Waals surface area contributed by atoms with Crippen LogP contribution in [0.5, 0.6) is 0 Å². The first-order valence-electron chi connectivity index (χ1n) is 5.20. The Balaban J connectivity index is 2.47. The molecule has 17 heavy (non-hydrogen) atoms. The molecular formula is C11H14ClN5. The van der Waals surface area contributed by atoms with Crippen molar-refractivity contribution in [2.75, 3.05) is 0 Å². The number of aromatic nitrogens is 3. The Kier molecular flexibility index (Phi) is 3.42. The molecule has 0 aliphatic rings. The standard InChI is InChI=1S/C11H14ClN5/c1-7-4-3-5-9(15-7)10(16-13)11-8(12)6-14-17(11)2/h3-6,10,16H,13H2,1-2H3. The highest BCUT2D eigenvalue weighted by molar-refractivity contribution is 6.31. The number of nitrogens with one attached hydrogen (secondary N) is 1. The predicted molar refractivity (Wildman–Crippen MR) is 66.4 cm³/mol. The summed E-state index contributed by atoms with van der Waals surface area (Å²) < 4.78 is 1.69. The van der Waals surface area contributed by atoms with Crippen LogP contribution in [0.1, 0.15) is 23.1 Å². The molecule has 0 amide bonds. The quantitative estimate of drug-likeness (QED) is 0.638. The van der Waals surface area contributed by atoms with Crippen LogP contribution in [0, 0.1) is 6.92 Å². The molecule has 90 valence electrons. The molecule has 2 heterocycles. The molecule has 6 heteroatoms. The molecule has 3 N–H and O–H groups in total. The first kappa shape index (κ1) is 12.0. The van der Waals surface area contributed by atoms with E-state index in [9.17, 15) is 0 Å². The lowest BCUT2D eigenvalue weighted by Gasteiger charge is -2.16. The Morgan fingerprint density at radius 1 is 1.47 bits per heavy atom. The third-order valence-corrected chi connectivity index (χ3v) is 2.87. The summed E-state index contributed by atoms with van der Waals surface area (Å²) in [5.74, 6) is 5.59. The van der Waals surface area contributed by atoms with E-state index < -0.39 is 0 Å². The van der Waals surface area contributed by atoms with Crippen molar-refractivity contribution < 1.29 is 0 Å². The largest absolute Gasteiger partial charge is 0.270 e. The molecule has 0 fully saturated rings. The second kappa shape index (κ2) is 4.83. The summed E-state index contributed by atoms with van der Waals surface area (Å²) in [5.41, 5.74) is 5.27. The molecule has 2 aromatic heterocycles. The third-order valence-electron chi connectivity index (χ3n) is 2.58. The molecule has 1 atom stereocenters. The van der Waals surface area contributed by atoms with Gasteiger partial charge in [0, 0.05) is 12.7 Å². The SMILES string of the molecule is Cc1cccc(C(NN)c2c(Cl)cnn2C)n1. The fraction of sp³-hybridized carbons (Fsp3) is 0.273. The van der Waals surface area contributed by atoms with Crippen molar-refractivity contribution in [1.82, 2.24) is 20.2 Å². The van der Waals surface area contributed by atoms with E-state index in [1.165, 1.54) is 0 Å². The van der Waals surface area contributed by atoms with E-state index >= 15 is 0 Å². The van der Waals surface area contributed by atoms with Crippen molar-refractivity contribution in [2.24, 2.45) is 12.9 Å². The Hall–Kier alpha value is -1.43.